The number of nitriles is 1. The number of allylic oxidation sites excluding steroid dienone is 2. The van der Waals surface area contributed by atoms with Gasteiger partial charge >= 0.3 is 0 Å². The fourth-order valence-corrected chi connectivity index (χ4v) is 1.75. The molecule has 1 aliphatic rings. The maximum absolute atomic E-state index is 12.9. The van der Waals surface area contributed by atoms with Crippen molar-refractivity contribution in [3.05, 3.63) is 11.1 Å². The molecule has 1 saturated carbocycles. The largest absolute Gasteiger partial charge is 0.293 e. The van der Waals surface area contributed by atoms with Crippen molar-refractivity contribution in [1.82, 2.24) is 0 Å². The molecule has 0 N–H and O–H groups in total. The monoisotopic (exact) mass is 255 g/mol. The van der Waals surface area contributed by atoms with Gasteiger partial charge in [-0.05, 0) is 5.41 Å². The molecule has 0 amide bonds. The van der Waals surface area contributed by atoms with Crippen LogP contribution >= 0.6 is 34.8 Å². The Labute approximate surface area is 97.4 Å². The lowest BCUT2D eigenvalue weighted by atomic mass is 10.1. The van der Waals surface area contributed by atoms with Gasteiger partial charge < -0.3 is 0 Å². The van der Waals surface area contributed by atoms with Crippen LogP contribution in [0.25, 0.3) is 0 Å². The number of hydrogen-bond donors (Lipinski definition) is 0. The highest BCUT2D eigenvalue weighted by Crippen LogP contribution is 2.59. The molecule has 1 fully saturated rings. The number of nitrogens with zero attached hydrogens (tertiary/aromatic N) is 1. The van der Waals surface area contributed by atoms with E-state index in [2.05, 4.69) is 6.07 Å². The van der Waals surface area contributed by atoms with Crippen LogP contribution in [0.1, 0.15) is 13.8 Å². The fraction of sp³-hybridized carbons (Fsp3) is 0.667. The lowest BCUT2D eigenvalue weighted by molar-refractivity contribution is 0.454. The molecule has 0 saturated heterocycles. The van der Waals surface area contributed by atoms with E-state index in [1.165, 1.54) is 6.08 Å². The maximum atomic E-state index is 12.9. The molecule has 2 unspecified atom stereocenters. The zero-order valence-electron chi connectivity index (χ0n) is 7.69. The summed E-state index contributed by atoms with van der Waals surface area (Å²) in [4.78, 5) is 0. The summed E-state index contributed by atoms with van der Waals surface area (Å²) in [7, 11) is 0. The molecule has 1 aliphatic carbocycles. The fourth-order valence-electron chi connectivity index (χ4n) is 1.49. The van der Waals surface area contributed by atoms with E-state index in [-0.39, 0.29) is 22.3 Å². The van der Waals surface area contributed by atoms with Crippen LogP contribution in [0.3, 0.4) is 0 Å². The quantitative estimate of drug-likeness (QED) is 0.685. The summed E-state index contributed by atoms with van der Waals surface area (Å²) < 4.78 is 10.3. The van der Waals surface area contributed by atoms with E-state index in [4.69, 9.17) is 40.1 Å². The van der Waals surface area contributed by atoms with Crippen LogP contribution in [0, 0.1) is 28.6 Å². The molecule has 0 spiro atoms. The van der Waals surface area contributed by atoms with Crippen LogP contribution in [0.4, 0.5) is 4.39 Å². The van der Waals surface area contributed by atoms with Crippen LogP contribution in [-0.2, 0) is 0 Å². The molecule has 0 aliphatic heterocycles. The molecule has 78 valence electrons. The van der Waals surface area contributed by atoms with E-state index in [0.29, 0.717) is 0 Å². The average molecular weight is 257 g/mol. The van der Waals surface area contributed by atoms with Gasteiger partial charge in [-0.15, -0.1) is 0 Å². The van der Waals surface area contributed by atoms with Crippen LogP contribution in [0.15, 0.2) is 11.1 Å². The van der Waals surface area contributed by atoms with E-state index in [1.54, 1.807) is 0 Å². The SMILES string of the molecule is CC1(C)C(C#N)C1C=C(Cl)C(F)(Cl)Cl. The minimum Gasteiger partial charge on any atom is -0.202 e. The minimum absolute atomic E-state index is 0.0763. The Morgan fingerprint density at radius 2 is 2.07 bits per heavy atom. The van der Waals surface area contributed by atoms with Crippen LogP contribution in [0.5, 0.6) is 0 Å². The molecule has 0 aromatic carbocycles. The molecule has 0 heterocycles. The topological polar surface area (TPSA) is 23.8 Å². The van der Waals surface area contributed by atoms with E-state index < -0.39 is 4.59 Å². The molecule has 0 bridgehead atoms. The van der Waals surface area contributed by atoms with Gasteiger partial charge in [-0.3, -0.25) is 0 Å². The van der Waals surface area contributed by atoms with Crippen LogP contribution < -0.4 is 0 Å². The van der Waals surface area contributed by atoms with Gasteiger partial charge in [-0.1, -0.05) is 54.7 Å². The van der Waals surface area contributed by atoms with Gasteiger partial charge in [0.2, 0.25) is 0 Å². The second-order valence-corrected chi connectivity index (χ2v) is 5.61. The van der Waals surface area contributed by atoms with Crippen molar-refractivity contribution in [2.75, 3.05) is 0 Å². The van der Waals surface area contributed by atoms with Gasteiger partial charge in [0.1, 0.15) is 0 Å². The van der Waals surface area contributed by atoms with Crippen molar-refractivity contribution in [3.63, 3.8) is 0 Å². The molecule has 0 radical (unpaired) electrons. The van der Waals surface area contributed by atoms with Crippen molar-refractivity contribution in [2.45, 2.75) is 18.4 Å². The molecule has 1 rings (SSSR count). The highest BCUT2D eigenvalue weighted by molar-refractivity contribution is 6.54. The van der Waals surface area contributed by atoms with E-state index in [9.17, 15) is 4.39 Å². The van der Waals surface area contributed by atoms with Gasteiger partial charge in [-0.2, -0.15) is 5.26 Å². The maximum Gasteiger partial charge on any atom is 0.293 e. The summed E-state index contributed by atoms with van der Waals surface area (Å²) in [5.74, 6) is -0.223. The van der Waals surface area contributed by atoms with Crippen molar-refractivity contribution in [1.29, 1.82) is 5.26 Å². The van der Waals surface area contributed by atoms with Gasteiger partial charge in [0.25, 0.3) is 4.59 Å². The third-order valence-corrected chi connectivity index (χ3v) is 3.63. The average Bonchev–Trinajstić information content (AvgIpc) is 2.51. The van der Waals surface area contributed by atoms with E-state index in [1.807, 2.05) is 13.8 Å². The predicted octanol–water partition coefficient (Wildman–Crippen LogP) is 4.01. The lowest BCUT2D eigenvalue weighted by Gasteiger charge is -2.07. The molecular weight excluding hydrogens is 247 g/mol. The lowest BCUT2D eigenvalue weighted by Crippen LogP contribution is -2.04. The summed E-state index contributed by atoms with van der Waals surface area (Å²) in [5, 5.41) is 8.48. The Morgan fingerprint density at radius 1 is 1.57 bits per heavy atom. The number of hydrogen-bond acceptors (Lipinski definition) is 1. The standard InChI is InChI=1S/C9H9Cl3FN/c1-8(2)5(6(8)4-14)3-7(10)9(11,12)13/h3,5-6H,1-2H3. The summed E-state index contributed by atoms with van der Waals surface area (Å²) in [6.07, 6.45) is 1.43. The predicted molar refractivity (Wildman–Crippen MR) is 55.9 cm³/mol. The third kappa shape index (κ3) is 2.16. The summed E-state index contributed by atoms with van der Waals surface area (Å²) in [5.41, 5.74) is -0.173. The Morgan fingerprint density at radius 3 is 2.36 bits per heavy atom. The summed E-state index contributed by atoms with van der Waals surface area (Å²) in [6.45, 7) is 3.82. The summed E-state index contributed by atoms with van der Waals surface area (Å²) in [6, 6.07) is 2.12. The number of alkyl halides is 3. The molecule has 1 nitrogen and oxygen atoms in total. The second kappa shape index (κ2) is 3.56. The Balaban J connectivity index is 2.79. The molecular formula is C9H9Cl3FN. The van der Waals surface area contributed by atoms with Crippen molar-refractivity contribution in [2.24, 2.45) is 17.3 Å². The Bertz CT molecular complexity index is 311. The second-order valence-electron chi connectivity index (χ2n) is 3.97. The molecule has 2 atom stereocenters. The first kappa shape index (κ1) is 12.1. The molecule has 14 heavy (non-hydrogen) atoms. The molecule has 5 heteroatoms. The normalized spacial score (nSPS) is 31.1. The van der Waals surface area contributed by atoms with Gasteiger partial charge in [0, 0.05) is 5.92 Å². The number of rotatable bonds is 2. The third-order valence-electron chi connectivity index (χ3n) is 2.65. The zero-order chi connectivity index (χ0) is 11.1. The number of halogens is 4. The minimum atomic E-state index is -2.56. The van der Waals surface area contributed by atoms with E-state index >= 15 is 0 Å². The van der Waals surface area contributed by atoms with Crippen molar-refractivity contribution < 1.29 is 4.39 Å². The highest BCUT2D eigenvalue weighted by atomic mass is 35.5. The van der Waals surface area contributed by atoms with Gasteiger partial charge in [-0.25, -0.2) is 4.39 Å². The highest BCUT2D eigenvalue weighted by Gasteiger charge is 2.57. The van der Waals surface area contributed by atoms with Crippen molar-refractivity contribution in [3.8, 4) is 6.07 Å². The van der Waals surface area contributed by atoms with E-state index in [0.717, 1.165) is 0 Å². The van der Waals surface area contributed by atoms with Gasteiger partial charge in [0.05, 0.1) is 17.0 Å². The van der Waals surface area contributed by atoms with Crippen LogP contribution in [-0.4, -0.2) is 4.59 Å². The first-order valence-corrected chi connectivity index (χ1v) is 5.18. The summed E-state index contributed by atoms with van der Waals surface area (Å²) >= 11 is 15.9. The van der Waals surface area contributed by atoms with Crippen molar-refractivity contribution >= 4 is 34.8 Å². The Hall–Kier alpha value is 0.0300. The first-order chi connectivity index (χ1) is 6.21. The molecule has 0 aromatic rings. The Kier molecular flexibility index (Phi) is 3.07. The first-order valence-electron chi connectivity index (χ1n) is 4.05. The molecule has 0 aromatic heterocycles. The smallest absolute Gasteiger partial charge is 0.202 e. The van der Waals surface area contributed by atoms with Gasteiger partial charge in [0.15, 0.2) is 0 Å². The zero-order valence-corrected chi connectivity index (χ0v) is 9.96. The van der Waals surface area contributed by atoms with Crippen LogP contribution in [0.2, 0.25) is 0 Å².